The minimum Gasteiger partial charge on any atom is -0.392 e. The van der Waals surface area contributed by atoms with E-state index in [4.69, 9.17) is 0 Å². The van der Waals surface area contributed by atoms with Crippen LogP contribution in [-0.2, 0) is 13.2 Å². The van der Waals surface area contributed by atoms with Crippen LogP contribution in [0.4, 0.5) is 4.39 Å². The predicted molar refractivity (Wildman–Crippen MR) is 78.9 cm³/mol. The summed E-state index contributed by atoms with van der Waals surface area (Å²) in [6, 6.07) is 8.72. The topological polar surface area (TPSA) is 38.0 Å². The molecule has 0 aliphatic rings. The van der Waals surface area contributed by atoms with E-state index in [2.05, 4.69) is 20.9 Å². The van der Waals surface area contributed by atoms with Gasteiger partial charge in [0.15, 0.2) is 0 Å². The van der Waals surface area contributed by atoms with Crippen LogP contribution < -0.4 is 0 Å². The zero-order chi connectivity index (χ0) is 14.1. The van der Waals surface area contributed by atoms with Crippen molar-refractivity contribution in [2.45, 2.75) is 13.2 Å². The van der Waals surface area contributed by atoms with Crippen LogP contribution in [0.5, 0.6) is 0 Å². The van der Waals surface area contributed by atoms with E-state index >= 15 is 0 Å². The number of aliphatic hydroxyl groups is 1. The summed E-state index contributed by atoms with van der Waals surface area (Å²) in [6.45, 7) is 0.450. The number of pyridine rings is 1. The van der Waals surface area contributed by atoms with Crippen molar-refractivity contribution in [2.24, 2.45) is 0 Å². The van der Waals surface area contributed by atoms with Crippen molar-refractivity contribution < 1.29 is 9.50 Å². The average Bonchev–Trinajstić information content (AvgIpc) is 2.82. The SMILES string of the molecule is OCc1cn(Cc2cccc(F)c2Br)c2ncccc12. The molecule has 0 saturated carbocycles. The van der Waals surface area contributed by atoms with Gasteiger partial charge in [-0.2, -0.15) is 0 Å². The van der Waals surface area contributed by atoms with E-state index in [1.54, 1.807) is 12.3 Å². The summed E-state index contributed by atoms with van der Waals surface area (Å²) in [7, 11) is 0. The summed E-state index contributed by atoms with van der Waals surface area (Å²) in [5, 5.41) is 10.3. The first-order valence-corrected chi connectivity index (χ1v) is 6.96. The monoisotopic (exact) mass is 334 g/mol. The van der Waals surface area contributed by atoms with Crippen LogP contribution in [0.25, 0.3) is 11.0 Å². The first-order valence-electron chi connectivity index (χ1n) is 6.17. The normalized spacial score (nSPS) is 11.2. The lowest BCUT2D eigenvalue weighted by molar-refractivity contribution is 0.283. The van der Waals surface area contributed by atoms with E-state index in [1.807, 2.05) is 29.0 Å². The number of aliphatic hydroxyl groups excluding tert-OH is 1. The summed E-state index contributed by atoms with van der Waals surface area (Å²) < 4.78 is 15.9. The van der Waals surface area contributed by atoms with Crippen molar-refractivity contribution in [3.05, 3.63) is 64.1 Å². The molecule has 0 bridgehead atoms. The zero-order valence-electron chi connectivity index (χ0n) is 10.6. The predicted octanol–water partition coefficient (Wildman–Crippen LogP) is 3.48. The molecule has 3 nitrogen and oxygen atoms in total. The number of benzene rings is 1. The fraction of sp³-hybridized carbons (Fsp3) is 0.133. The second-order valence-corrected chi connectivity index (χ2v) is 5.32. The van der Waals surface area contributed by atoms with Gasteiger partial charge in [0.25, 0.3) is 0 Å². The summed E-state index contributed by atoms with van der Waals surface area (Å²) in [5.74, 6) is -0.283. The Morgan fingerprint density at radius 1 is 1.20 bits per heavy atom. The van der Waals surface area contributed by atoms with Crippen LogP contribution in [0.15, 0.2) is 47.2 Å². The molecule has 0 aliphatic heterocycles. The van der Waals surface area contributed by atoms with Crippen LogP contribution in [0.2, 0.25) is 0 Å². The second-order valence-electron chi connectivity index (χ2n) is 4.53. The van der Waals surface area contributed by atoms with Gasteiger partial charge in [0.05, 0.1) is 17.6 Å². The minimum absolute atomic E-state index is 0.0421. The third kappa shape index (κ3) is 2.23. The molecule has 0 radical (unpaired) electrons. The largest absolute Gasteiger partial charge is 0.392 e. The van der Waals surface area contributed by atoms with Gasteiger partial charge < -0.3 is 9.67 Å². The molecule has 0 amide bonds. The fourth-order valence-corrected chi connectivity index (χ4v) is 2.69. The molecule has 3 aromatic rings. The number of hydrogen-bond acceptors (Lipinski definition) is 2. The van der Waals surface area contributed by atoms with Crippen molar-refractivity contribution in [3.63, 3.8) is 0 Å². The van der Waals surface area contributed by atoms with Crippen molar-refractivity contribution in [3.8, 4) is 0 Å². The Morgan fingerprint density at radius 2 is 2.05 bits per heavy atom. The molecule has 3 rings (SSSR count). The summed E-state index contributed by atoms with van der Waals surface area (Å²) >= 11 is 3.27. The maximum absolute atomic E-state index is 13.6. The van der Waals surface area contributed by atoms with E-state index in [0.29, 0.717) is 11.0 Å². The lowest BCUT2D eigenvalue weighted by Gasteiger charge is -2.07. The molecule has 102 valence electrons. The molecule has 1 N–H and O–H groups in total. The van der Waals surface area contributed by atoms with Crippen molar-refractivity contribution >= 4 is 27.0 Å². The van der Waals surface area contributed by atoms with E-state index in [9.17, 15) is 9.50 Å². The lowest BCUT2D eigenvalue weighted by Crippen LogP contribution is -2.00. The van der Waals surface area contributed by atoms with Crippen LogP contribution in [0, 0.1) is 5.82 Å². The Bertz CT molecular complexity index is 770. The molecule has 2 heterocycles. The molecule has 2 aromatic heterocycles. The van der Waals surface area contributed by atoms with Gasteiger partial charge in [-0.3, -0.25) is 0 Å². The van der Waals surface area contributed by atoms with Crippen LogP contribution >= 0.6 is 15.9 Å². The number of nitrogens with zero attached hydrogens (tertiary/aromatic N) is 2. The smallest absolute Gasteiger partial charge is 0.140 e. The molecule has 0 spiro atoms. The van der Waals surface area contributed by atoms with E-state index in [-0.39, 0.29) is 12.4 Å². The minimum atomic E-state index is -0.283. The number of hydrogen-bond donors (Lipinski definition) is 1. The Hall–Kier alpha value is -1.72. The Balaban J connectivity index is 2.09. The number of rotatable bonds is 3. The average molecular weight is 335 g/mol. The summed E-state index contributed by atoms with van der Waals surface area (Å²) in [6.07, 6.45) is 3.57. The summed E-state index contributed by atoms with van der Waals surface area (Å²) in [5.41, 5.74) is 2.44. The van der Waals surface area contributed by atoms with Gasteiger partial charge in [0.2, 0.25) is 0 Å². The maximum atomic E-state index is 13.6. The first-order chi connectivity index (χ1) is 9.70. The van der Waals surface area contributed by atoms with Gasteiger partial charge >= 0.3 is 0 Å². The standard InChI is InChI=1S/C15H12BrFN2O/c16-14-10(3-1-5-13(14)17)7-19-8-11(9-20)12-4-2-6-18-15(12)19/h1-6,8,20H,7,9H2. The highest BCUT2D eigenvalue weighted by Crippen LogP contribution is 2.25. The highest BCUT2D eigenvalue weighted by molar-refractivity contribution is 9.10. The fourth-order valence-electron chi connectivity index (χ4n) is 2.30. The van der Waals surface area contributed by atoms with Gasteiger partial charge in [-0.1, -0.05) is 12.1 Å². The van der Waals surface area contributed by atoms with Gasteiger partial charge in [-0.25, -0.2) is 9.37 Å². The van der Waals surface area contributed by atoms with Crippen molar-refractivity contribution in [2.75, 3.05) is 0 Å². The van der Waals surface area contributed by atoms with Crippen LogP contribution in [0.1, 0.15) is 11.1 Å². The first kappa shape index (κ1) is 13.3. The van der Waals surface area contributed by atoms with Gasteiger partial charge in [-0.05, 0) is 39.7 Å². The molecule has 20 heavy (non-hydrogen) atoms. The summed E-state index contributed by atoms with van der Waals surface area (Å²) in [4.78, 5) is 4.34. The Labute approximate surface area is 123 Å². The number of aromatic nitrogens is 2. The molecule has 5 heteroatoms. The lowest BCUT2D eigenvalue weighted by atomic mass is 10.2. The van der Waals surface area contributed by atoms with Gasteiger partial charge in [0.1, 0.15) is 11.5 Å². The number of fused-ring (bicyclic) bond motifs is 1. The van der Waals surface area contributed by atoms with Crippen LogP contribution in [-0.4, -0.2) is 14.7 Å². The molecule has 0 aliphatic carbocycles. The van der Waals surface area contributed by atoms with Crippen molar-refractivity contribution in [1.29, 1.82) is 0 Å². The highest BCUT2D eigenvalue weighted by Gasteiger charge is 2.11. The van der Waals surface area contributed by atoms with Gasteiger partial charge in [0, 0.05) is 23.3 Å². The van der Waals surface area contributed by atoms with Gasteiger partial charge in [-0.15, -0.1) is 0 Å². The second kappa shape index (κ2) is 5.34. The number of halogens is 2. The zero-order valence-corrected chi connectivity index (χ0v) is 12.1. The molecular formula is C15H12BrFN2O. The van der Waals surface area contributed by atoms with Crippen molar-refractivity contribution in [1.82, 2.24) is 9.55 Å². The molecule has 0 fully saturated rings. The Morgan fingerprint density at radius 3 is 2.85 bits per heavy atom. The molecule has 0 saturated heterocycles. The highest BCUT2D eigenvalue weighted by atomic mass is 79.9. The molecule has 1 aromatic carbocycles. The third-order valence-corrected chi connectivity index (χ3v) is 4.15. The molecule has 0 atom stereocenters. The van der Waals surface area contributed by atoms with E-state index in [1.165, 1.54) is 6.07 Å². The van der Waals surface area contributed by atoms with E-state index in [0.717, 1.165) is 22.2 Å². The third-order valence-electron chi connectivity index (χ3n) is 3.26. The van der Waals surface area contributed by atoms with E-state index < -0.39 is 0 Å². The molecular weight excluding hydrogens is 323 g/mol. The quantitative estimate of drug-likeness (QED) is 0.796. The molecule has 0 unspecified atom stereocenters. The Kier molecular flexibility index (Phi) is 3.54. The maximum Gasteiger partial charge on any atom is 0.140 e. The van der Waals surface area contributed by atoms with Crippen LogP contribution in [0.3, 0.4) is 0 Å².